The second kappa shape index (κ2) is 10.9. The van der Waals surface area contributed by atoms with Crippen LogP contribution in [0.15, 0.2) is 70.5 Å². The molecule has 0 spiro atoms. The Bertz CT molecular complexity index is 1700. The molecular weight excluding hydrogens is 554 g/mol. The summed E-state index contributed by atoms with van der Waals surface area (Å²) in [5, 5.41) is 4.53. The highest BCUT2D eigenvalue weighted by Crippen LogP contribution is 2.38. The van der Waals surface area contributed by atoms with Gasteiger partial charge in [-0.15, -0.1) is 3.71 Å². The van der Waals surface area contributed by atoms with Gasteiger partial charge in [-0.3, -0.25) is 4.68 Å². The van der Waals surface area contributed by atoms with Crippen LogP contribution < -0.4 is 17.9 Å². The molecule has 0 bridgehead atoms. The third-order valence-corrected chi connectivity index (χ3v) is 10.6. The van der Waals surface area contributed by atoms with E-state index in [2.05, 4.69) is 5.10 Å². The molecule has 0 atom stereocenters. The maximum Gasteiger partial charge on any atom is 0.279 e. The van der Waals surface area contributed by atoms with Crippen molar-refractivity contribution in [1.29, 1.82) is 0 Å². The van der Waals surface area contributed by atoms with E-state index >= 15 is 0 Å². The van der Waals surface area contributed by atoms with Crippen molar-refractivity contribution < 1.29 is 31.0 Å². The zero-order valence-electron chi connectivity index (χ0n) is 23.3. The highest BCUT2D eigenvalue weighted by molar-refractivity contribution is 8.10. The summed E-state index contributed by atoms with van der Waals surface area (Å²) in [6, 6.07) is 15.4. The van der Waals surface area contributed by atoms with Crippen molar-refractivity contribution in [1.82, 2.24) is 9.78 Å². The highest BCUT2D eigenvalue weighted by atomic mass is 32.3. The molecular formula is C28H31N3O7S2. The number of rotatable bonds is 9. The number of aromatic nitrogens is 2. The fourth-order valence-electron chi connectivity index (χ4n) is 4.47. The molecule has 3 aromatic carbocycles. The summed E-state index contributed by atoms with van der Waals surface area (Å²) in [6.07, 6.45) is 0. The van der Waals surface area contributed by atoms with Crippen LogP contribution in [0.1, 0.15) is 16.7 Å². The standard InChI is InChI=1S/C28H31N3O7S2/c1-18-16-23(12-14-25(18)37-6)39(32,33)31(40(34,35)24-13-15-26(38-7)19(2)17-24)28-20(3)27(29-30(28)4)21-8-10-22(36-5)11-9-21/h8-17H,1-7H3. The van der Waals surface area contributed by atoms with Crippen LogP contribution in [-0.4, -0.2) is 47.9 Å². The zero-order chi connectivity index (χ0) is 29.4. The summed E-state index contributed by atoms with van der Waals surface area (Å²) in [4.78, 5) is -0.433. The molecule has 40 heavy (non-hydrogen) atoms. The number of aryl methyl sites for hydroxylation is 3. The molecule has 0 saturated heterocycles. The molecule has 4 aromatic rings. The fourth-order valence-corrected chi connectivity index (χ4v) is 8.50. The molecule has 1 aromatic heterocycles. The van der Waals surface area contributed by atoms with E-state index in [4.69, 9.17) is 14.2 Å². The predicted molar refractivity (Wildman–Crippen MR) is 152 cm³/mol. The molecule has 4 rings (SSSR count). The number of methoxy groups -OCH3 is 3. The van der Waals surface area contributed by atoms with Gasteiger partial charge in [0.1, 0.15) is 17.2 Å². The largest absolute Gasteiger partial charge is 0.497 e. The van der Waals surface area contributed by atoms with Crippen LogP contribution in [0.25, 0.3) is 11.3 Å². The lowest BCUT2D eigenvalue weighted by Gasteiger charge is -2.25. The smallest absolute Gasteiger partial charge is 0.279 e. The molecule has 0 aliphatic rings. The number of hydrogen-bond acceptors (Lipinski definition) is 8. The highest BCUT2D eigenvalue weighted by Gasteiger charge is 2.41. The van der Waals surface area contributed by atoms with Gasteiger partial charge in [0.25, 0.3) is 20.0 Å². The topological polar surface area (TPSA) is 117 Å². The lowest BCUT2D eigenvalue weighted by Crippen LogP contribution is -2.38. The maximum absolute atomic E-state index is 14.3. The van der Waals surface area contributed by atoms with Gasteiger partial charge in [0.05, 0.1) is 36.8 Å². The molecule has 12 heteroatoms. The van der Waals surface area contributed by atoms with Crippen molar-refractivity contribution in [2.45, 2.75) is 30.6 Å². The van der Waals surface area contributed by atoms with Crippen molar-refractivity contribution in [3.8, 4) is 28.5 Å². The Morgan fingerprint density at radius 1 is 0.700 bits per heavy atom. The molecule has 0 amide bonds. The molecule has 0 unspecified atom stereocenters. The van der Waals surface area contributed by atoms with Crippen molar-refractivity contribution in [2.24, 2.45) is 7.05 Å². The minimum atomic E-state index is -4.68. The minimum Gasteiger partial charge on any atom is -0.497 e. The lowest BCUT2D eigenvalue weighted by molar-refractivity contribution is 0.411. The van der Waals surface area contributed by atoms with E-state index in [1.165, 1.54) is 62.3 Å². The van der Waals surface area contributed by atoms with Crippen LogP contribution in [0.4, 0.5) is 5.82 Å². The summed E-state index contributed by atoms with van der Waals surface area (Å²) in [7, 11) is -3.37. The molecule has 0 saturated carbocycles. The molecule has 0 fully saturated rings. The SMILES string of the molecule is COc1ccc(-c2nn(C)c(N(S(=O)(=O)c3ccc(OC)c(C)c3)S(=O)(=O)c3ccc(OC)c(C)c3)c2C)cc1. The third-order valence-electron chi connectivity index (χ3n) is 6.55. The molecule has 212 valence electrons. The van der Waals surface area contributed by atoms with E-state index in [1.54, 1.807) is 52.1 Å². The van der Waals surface area contributed by atoms with E-state index in [9.17, 15) is 16.8 Å². The Labute approximate surface area is 234 Å². The first-order valence-electron chi connectivity index (χ1n) is 12.1. The van der Waals surface area contributed by atoms with E-state index in [-0.39, 0.29) is 15.6 Å². The number of nitrogens with zero attached hydrogens (tertiary/aromatic N) is 3. The van der Waals surface area contributed by atoms with Gasteiger partial charge in [0.15, 0.2) is 5.82 Å². The number of anilines is 1. The van der Waals surface area contributed by atoms with Crippen molar-refractivity contribution >= 4 is 25.9 Å². The second-order valence-corrected chi connectivity index (χ2v) is 12.9. The van der Waals surface area contributed by atoms with Gasteiger partial charge in [-0.1, -0.05) is 0 Å². The summed E-state index contributed by atoms with van der Waals surface area (Å²) in [5.74, 6) is 1.46. The molecule has 1 heterocycles. The number of sulfonamides is 2. The van der Waals surface area contributed by atoms with Gasteiger partial charge in [-0.25, -0.2) is 0 Å². The van der Waals surface area contributed by atoms with Crippen molar-refractivity contribution in [2.75, 3.05) is 25.0 Å². The first-order valence-corrected chi connectivity index (χ1v) is 15.0. The van der Waals surface area contributed by atoms with Crippen molar-refractivity contribution in [3.63, 3.8) is 0 Å². The Morgan fingerprint density at radius 3 is 1.57 bits per heavy atom. The van der Waals surface area contributed by atoms with E-state index in [0.717, 1.165) is 0 Å². The third kappa shape index (κ3) is 5.00. The predicted octanol–water partition coefficient (Wildman–Crippen LogP) is 4.62. The fraction of sp³-hybridized carbons (Fsp3) is 0.250. The first kappa shape index (κ1) is 29.0. The average molecular weight is 586 g/mol. The monoisotopic (exact) mass is 585 g/mol. The van der Waals surface area contributed by atoms with Crippen LogP contribution >= 0.6 is 0 Å². The Kier molecular flexibility index (Phi) is 7.86. The van der Waals surface area contributed by atoms with Gasteiger partial charge in [0, 0.05) is 18.2 Å². The summed E-state index contributed by atoms with van der Waals surface area (Å²) < 4.78 is 74.6. The van der Waals surface area contributed by atoms with E-state index < -0.39 is 20.0 Å². The van der Waals surface area contributed by atoms with Crippen LogP contribution in [0, 0.1) is 20.8 Å². The molecule has 0 aliphatic heterocycles. The second-order valence-electron chi connectivity index (χ2n) is 9.12. The first-order chi connectivity index (χ1) is 18.9. The van der Waals surface area contributed by atoms with Gasteiger partial charge in [-0.05, 0) is 92.6 Å². The zero-order valence-corrected chi connectivity index (χ0v) is 24.9. The molecule has 10 nitrogen and oxygen atoms in total. The van der Waals surface area contributed by atoms with Crippen LogP contribution in [-0.2, 0) is 27.1 Å². The van der Waals surface area contributed by atoms with Crippen LogP contribution in [0.3, 0.4) is 0 Å². The maximum atomic E-state index is 14.3. The van der Waals surface area contributed by atoms with Gasteiger partial charge in [0.2, 0.25) is 0 Å². The number of benzene rings is 3. The van der Waals surface area contributed by atoms with Gasteiger partial charge < -0.3 is 14.2 Å². The summed E-state index contributed by atoms with van der Waals surface area (Å²) >= 11 is 0. The van der Waals surface area contributed by atoms with E-state index in [0.29, 0.717) is 48.9 Å². The number of hydrogen-bond donors (Lipinski definition) is 0. The lowest BCUT2D eigenvalue weighted by atomic mass is 10.1. The quantitative estimate of drug-likeness (QED) is 0.279. The summed E-state index contributed by atoms with van der Waals surface area (Å²) in [5.41, 5.74) is 2.50. The average Bonchev–Trinajstić information content (AvgIpc) is 3.21. The Hall–Kier alpha value is -4.03. The number of ether oxygens (including phenoxy) is 3. The Balaban J connectivity index is 2.00. The minimum absolute atomic E-state index is 0.118. The van der Waals surface area contributed by atoms with Crippen LogP contribution in [0.2, 0.25) is 0 Å². The molecule has 0 radical (unpaired) electrons. The van der Waals surface area contributed by atoms with Crippen LogP contribution in [0.5, 0.6) is 17.2 Å². The Morgan fingerprint density at radius 2 is 1.18 bits per heavy atom. The molecule has 0 aliphatic carbocycles. The normalized spacial score (nSPS) is 11.8. The van der Waals surface area contributed by atoms with Gasteiger partial charge in [-0.2, -0.15) is 21.9 Å². The van der Waals surface area contributed by atoms with E-state index in [1.807, 2.05) is 0 Å². The van der Waals surface area contributed by atoms with Gasteiger partial charge >= 0.3 is 0 Å². The summed E-state index contributed by atoms with van der Waals surface area (Å²) in [6.45, 7) is 5.00. The molecule has 0 N–H and O–H groups in total. The van der Waals surface area contributed by atoms with Crippen molar-refractivity contribution in [3.05, 3.63) is 77.4 Å².